The van der Waals surface area contributed by atoms with E-state index in [0.29, 0.717) is 12.0 Å². The van der Waals surface area contributed by atoms with Crippen molar-refractivity contribution in [1.29, 1.82) is 0 Å². The summed E-state index contributed by atoms with van der Waals surface area (Å²) in [6.07, 6.45) is 2.40. The van der Waals surface area contributed by atoms with Crippen LogP contribution in [0.4, 0.5) is 0 Å². The summed E-state index contributed by atoms with van der Waals surface area (Å²) in [7, 11) is 0. The second kappa shape index (κ2) is 10.9. The number of ether oxygens (including phenoxy) is 4. The number of carbonyl (C=O) groups excluding carboxylic acids is 4. The Balaban J connectivity index is 2.34. The molecule has 0 aromatic heterocycles. The Morgan fingerprint density at radius 3 is 2.17 bits per heavy atom. The fraction of sp³-hybridized carbons (Fsp3) is 0.619. The lowest BCUT2D eigenvalue weighted by molar-refractivity contribution is -0.169. The maximum atomic E-state index is 12.1. The molecule has 0 aromatic rings. The quantitative estimate of drug-likeness (QED) is 0.406. The van der Waals surface area contributed by atoms with E-state index in [0.717, 1.165) is 0 Å². The maximum absolute atomic E-state index is 12.1. The average Bonchev–Trinajstić information content (AvgIpc) is 3.08. The topological polar surface area (TPSA) is 108 Å². The van der Waals surface area contributed by atoms with Gasteiger partial charge in [0.25, 0.3) is 0 Å². The standard InChI is InChI=1S/C21H29NO8/c1-5-16(24)27-12-15-19(29-17(25)6-2)20(30-18(26)7-3)21(28-15)22-10-8-9-14(11-22)13(4)23/h8,10-11,15,19-21H,5-7,9,12H2,1-4H3/t15-,19-,20-,21-/m1/s1. The van der Waals surface area contributed by atoms with E-state index in [9.17, 15) is 19.2 Å². The molecule has 0 aliphatic carbocycles. The van der Waals surface area contributed by atoms with Crippen LogP contribution in [0.15, 0.2) is 24.0 Å². The zero-order valence-electron chi connectivity index (χ0n) is 17.8. The highest BCUT2D eigenvalue weighted by Gasteiger charge is 2.51. The molecular formula is C21H29NO8. The highest BCUT2D eigenvalue weighted by Crippen LogP contribution is 2.32. The molecular weight excluding hydrogens is 394 g/mol. The van der Waals surface area contributed by atoms with Crippen molar-refractivity contribution < 1.29 is 38.1 Å². The third-order valence-corrected chi connectivity index (χ3v) is 4.76. The van der Waals surface area contributed by atoms with Gasteiger partial charge in [0.2, 0.25) is 0 Å². The van der Waals surface area contributed by atoms with Crippen molar-refractivity contribution in [2.75, 3.05) is 6.61 Å². The van der Waals surface area contributed by atoms with Crippen molar-refractivity contribution in [3.05, 3.63) is 24.0 Å². The number of carbonyl (C=O) groups is 4. The average molecular weight is 423 g/mol. The summed E-state index contributed by atoms with van der Waals surface area (Å²) in [5, 5.41) is 0. The third-order valence-electron chi connectivity index (χ3n) is 4.76. The molecule has 30 heavy (non-hydrogen) atoms. The molecule has 0 bridgehead atoms. The maximum Gasteiger partial charge on any atom is 0.306 e. The van der Waals surface area contributed by atoms with Gasteiger partial charge < -0.3 is 23.8 Å². The lowest BCUT2D eigenvalue weighted by Gasteiger charge is -2.31. The van der Waals surface area contributed by atoms with Gasteiger partial charge >= 0.3 is 17.9 Å². The molecule has 9 nitrogen and oxygen atoms in total. The van der Waals surface area contributed by atoms with Gasteiger partial charge in [-0.25, -0.2) is 0 Å². The third kappa shape index (κ3) is 5.91. The van der Waals surface area contributed by atoms with Crippen molar-refractivity contribution >= 4 is 23.7 Å². The van der Waals surface area contributed by atoms with Gasteiger partial charge in [0.15, 0.2) is 24.2 Å². The van der Waals surface area contributed by atoms with Crippen LogP contribution in [0.5, 0.6) is 0 Å². The van der Waals surface area contributed by atoms with Gasteiger partial charge in [-0.15, -0.1) is 0 Å². The van der Waals surface area contributed by atoms with Gasteiger partial charge in [0.05, 0.1) is 0 Å². The van der Waals surface area contributed by atoms with Crippen LogP contribution < -0.4 is 0 Å². The zero-order valence-corrected chi connectivity index (χ0v) is 17.8. The van der Waals surface area contributed by atoms with Crippen LogP contribution in [0.2, 0.25) is 0 Å². The van der Waals surface area contributed by atoms with Crippen molar-refractivity contribution in [2.45, 2.75) is 77.9 Å². The minimum atomic E-state index is -0.967. The molecule has 0 saturated carbocycles. The summed E-state index contributed by atoms with van der Waals surface area (Å²) >= 11 is 0. The molecule has 0 N–H and O–H groups in total. The molecule has 2 aliphatic rings. The molecule has 1 saturated heterocycles. The van der Waals surface area contributed by atoms with E-state index in [4.69, 9.17) is 18.9 Å². The number of hydrogen-bond acceptors (Lipinski definition) is 9. The molecule has 0 radical (unpaired) electrons. The summed E-state index contributed by atoms with van der Waals surface area (Å²) < 4.78 is 22.3. The molecule has 1 fully saturated rings. The number of Topliss-reactive ketones (excluding diaryl/α,β-unsaturated/α-hetero) is 1. The summed E-state index contributed by atoms with van der Waals surface area (Å²) in [5.41, 5.74) is 0.560. The van der Waals surface area contributed by atoms with E-state index in [1.165, 1.54) is 6.92 Å². The fourth-order valence-corrected chi connectivity index (χ4v) is 3.07. The molecule has 0 spiro atoms. The first-order valence-electron chi connectivity index (χ1n) is 10.2. The number of rotatable bonds is 9. The lowest BCUT2D eigenvalue weighted by atomic mass is 10.1. The molecule has 0 aromatic carbocycles. The molecule has 0 amide bonds. The minimum Gasteiger partial charge on any atom is -0.463 e. The number of allylic oxidation sites excluding steroid dienone is 2. The predicted molar refractivity (Wildman–Crippen MR) is 105 cm³/mol. The van der Waals surface area contributed by atoms with E-state index in [1.54, 1.807) is 44.1 Å². The molecule has 2 rings (SSSR count). The van der Waals surface area contributed by atoms with E-state index >= 15 is 0 Å². The largest absolute Gasteiger partial charge is 0.463 e. The Morgan fingerprint density at radius 2 is 1.60 bits per heavy atom. The van der Waals surface area contributed by atoms with Gasteiger partial charge in [-0.1, -0.05) is 26.8 Å². The highest BCUT2D eigenvalue weighted by atomic mass is 16.7. The van der Waals surface area contributed by atoms with Gasteiger partial charge in [0.1, 0.15) is 12.7 Å². The van der Waals surface area contributed by atoms with Crippen LogP contribution in [0.1, 0.15) is 53.4 Å². The SMILES string of the molecule is CCC(=O)OC[C@H]1O[C@@H](N2C=CCC(C(C)=O)=C2)[C@H](OC(=O)CC)[C@@H]1OC(=O)CC. The Hall–Kier alpha value is -2.68. The van der Waals surface area contributed by atoms with Crippen molar-refractivity contribution in [3.63, 3.8) is 0 Å². The van der Waals surface area contributed by atoms with Crippen LogP contribution >= 0.6 is 0 Å². The van der Waals surface area contributed by atoms with Crippen LogP contribution in [-0.2, 0) is 38.1 Å². The van der Waals surface area contributed by atoms with E-state index < -0.39 is 42.4 Å². The summed E-state index contributed by atoms with van der Waals surface area (Å²) in [6.45, 7) is 6.25. The van der Waals surface area contributed by atoms with Gasteiger partial charge in [0, 0.05) is 37.2 Å². The molecule has 166 valence electrons. The predicted octanol–water partition coefficient (Wildman–Crippen LogP) is 2.00. The smallest absolute Gasteiger partial charge is 0.306 e. The van der Waals surface area contributed by atoms with Crippen molar-refractivity contribution in [1.82, 2.24) is 4.90 Å². The van der Waals surface area contributed by atoms with Crippen LogP contribution in [-0.4, -0.2) is 59.7 Å². The van der Waals surface area contributed by atoms with Crippen molar-refractivity contribution in [2.24, 2.45) is 0 Å². The first-order valence-corrected chi connectivity index (χ1v) is 10.2. The van der Waals surface area contributed by atoms with Crippen LogP contribution in [0.25, 0.3) is 0 Å². The van der Waals surface area contributed by atoms with Crippen LogP contribution in [0, 0.1) is 0 Å². The highest BCUT2D eigenvalue weighted by molar-refractivity contribution is 5.93. The molecule has 9 heteroatoms. The number of ketones is 1. The molecule has 0 unspecified atom stereocenters. The Morgan fingerprint density at radius 1 is 1.00 bits per heavy atom. The monoisotopic (exact) mass is 423 g/mol. The molecule has 2 aliphatic heterocycles. The zero-order chi connectivity index (χ0) is 22.3. The first-order chi connectivity index (χ1) is 14.3. The van der Waals surface area contributed by atoms with Crippen LogP contribution in [0.3, 0.4) is 0 Å². The fourth-order valence-electron chi connectivity index (χ4n) is 3.07. The number of esters is 3. The molecule has 4 atom stereocenters. The normalized spacial score (nSPS) is 25.5. The lowest BCUT2D eigenvalue weighted by Crippen LogP contribution is -2.45. The van der Waals surface area contributed by atoms with E-state index in [2.05, 4.69) is 0 Å². The number of nitrogens with zero attached hydrogens (tertiary/aromatic N) is 1. The summed E-state index contributed by atoms with van der Waals surface area (Å²) in [6, 6.07) is 0. The molecule has 2 heterocycles. The van der Waals surface area contributed by atoms with E-state index in [-0.39, 0.29) is 31.7 Å². The second-order valence-electron chi connectivity index (χ2n) is 6.96. The Labute approximate surface area is 176 Å². The van der Waals surface area contributed by atoms with E-state index in [1.807, 2.05) is 0 Å². The van der Waals surface area contributed by atoms with Gasteiger partial charge in [-0.3, -0.25) is 19.2 Å². The minimum absolute atomic E-state index is 0.0909. The Bertz CT molecular complexity index is 729. The van der Waals surface area contributed by atoms with Gasteiger partial charge in [-0.05, 0) is 13.3 Å². The first kappa shape index (κ1) is 23.6. The summed E-state index contributed by atoms with van der Waals surface area (Å²) in [5.74, 6) is -1.51. The second-order valence-corrected chi connectivity index (χ2v) is 6.96. The van der Waals surface area contributed by atoms with Crippen molar-refractivity contribution in [3.8, 4) is 0 Å². The van der Waals surface area contributed by atoms with Gasteiger partial charge in [-0.2, -0.15) is 0 Å². The summed E-state index contributed by atoms with van der Waals surface area (Å²) in [4.78, 5) is 49.1. The Kier molecular flexibility index (Phi) is 8.58. The number of hydrogen-bond donors (Lipinski definition) is 0.